The van der Waals surface area contributed by atoms with Crippen molar-refractivity contribution in [2.45, 2.75) is 62.8 Å². The summed E-state index contributed by atoms with van der Waals surface area (Å²) >= 11 is 0. The third kappa shape index (κ3) is 2.27. The number of nitrogens with one attached hydrogen (secondary N) is 1. The number of likely N-dealkylation sites (tertiary alicyclic amines) is 1. The monoisotopic (exact) mass is 224 g/mol. The van der Waals surface area contributed by atoms with Crippen molar-refractivity contribution in [1.29, 1.82) is 0 Å². The molecule has 0 aromatic rings. The molecule has 4 atom stereocenters. The first-order chi connectivity index (χ1) is 7.81. The summed E-state index contributed by atoms with van der Waals surface area (Å²) in [6, 6.07) is 1.39. The molecular weight excluding hydrogens is 200 g/mol. The quantitative estimate of drug-likeness (QED) is 0.767. The van der Waals surface area contributed by atoms with Gasteiger partial charge in [-0.25, -0.2) is 0 Å². The predicted molar refractivity (Wildman–Crippen MR) is 64.6 cm³/mol. The Morgan fingerprint density at radius 1 is 1.12 bits per heavy atom. The Labute approximate surface area is 98.5 Å². The highest BCUT2D eigenvalue weighted by atomic mass is 16.5. The zero-order chi connectivity index (χ0) is 11.0. The molecule has 3 heterocycles. The molecule has 3 saturated heterocycles. The van der Waals surface area contributed by atoms with Crippen molar-refractivity contribution in [2.24, 2.45) is 0 Å². The second-order valence-electron chi connectivity index (χ2n) is 5.81. The first-order valence-electron chi connectivity index (χ1n) is 6.91. The first kappa shape index (κ1) is 11.0. The van der Waals surface area contributed by atoms with Gasteiger partial charge in [-0.3, -0.25) is 0 Å². The summed E-state index contributed by atoms with van der Waals surface area (Å²) in [7, 11) is 2.24. The van der Waals surface area contributed by atoms with Crippen LogP contribution in [0.2, 0.25) is 0 Å². The molecule has 0 aromatic carbocycles. The molecule has 0 aliphatic carbocycles. The molecule has 3 aliphatic heterocycles. The maximum absolute atomic E-state index is 5.91. The summed E-state index contributed by atoms with van der Waals surface area (Å²) in [6.07, 6.45) is 8.96. The lowest BCUT2D eigenvalue weighted by Crippen LogP contribution is -2.44. The van der Waals surface area contributed by atoms with Gasteiger partial charge in [0, 0.05) is 12.1 Å². The third-order valence-corrected chi connectivity index (χ3v) is 4.51. The Morgan fingerprint density at radius 2 is 2.06 bits per heavy atom. The number of nitrogens with zero attached hydrogens (tertiary/aromatic N) is 1. The lowest BCUT2D eigenvalue weighted by atomic mass is 9.94. The molecule has 3 nitrogen and oxygen atoms in total. The average Bonchev–Trinajstić information content (AvgIpc) is 2.81. The van der Waals surface area contributed by atoms with E-state index in [1.165, 1.54) is 51.6 Å². The smallest absolute Gasteiger partial charge is 0.0733 e. The summed E-state index contributed by atoms with van der Waals surface area (Å²) in [4.78, 5) is 2.46. The van der Waals surface area contributed by atoms with Crippen LogP contribution < -0.4 is 5.32 Å². The Morgan fingerprint density at radius 3 is 2.81 bits per heavy atom. The fraction of sp³-hybridized carbons (Fsp3) is 1.00. The van der Waals surface area contributed by atoms with Crippen LogP contribution in [0.3, 0.4) is 0 Å². The summed E-state index contributed by atoms with van der Waals surface area (Å²) < 4.78 is 5.91. The summed E-state index contributed by atoms with van der Waals surface area (Å²) in [5.41, 5.74) is 0. The Hall–Kier alpha value is -0.120. The SMILES string of the molecule is CN1CCCC(NC2CC3CCC2O3)CC1. The van der Waals surface area contributed by atoms with E-state index in [9.17, 15) is 0 Å². The van der Waals surface area contributed by atoms with Gasteiger partial charge < -0.3 is 15.0 Å². The van der Waals surface area contributed by atoms with Crippen LogP contribution in [-0.4, -0.2) is 49.3 Å². The van der Waals surface area contributed by atoms with Gasteiger partial charge in [0.05, 0.1) is 12.2 Å². The van der Waals surface area contributed by atoms with Crippen LogP contribution in [0.1, 0.15) is 38.5 Å². The number of hydrogen-bond acceptors (Lipinski definition) is 3. The van der Waals surface area contributed by atoms with Crippen molar-refractivity contribution in [3.63, 3.8) is 0 Å². The minimum Gasteiger partial charge on any atom is -0.373 e. The molecule has 3 heteroatoms. The normalized spacial score (nSPS) is 44.8. The van der Waals surface area contributed by atoms with E-state index >= 15 is 0 Å². The Balaban J connectivity index is 1.50. The minimum absolute atomic E-state index is 0.533. The molecule has 4 unspecified atom stereocenters. The molecule has 2 bridgehead atoms. The van der Waals surface area contributed by atoms with Gasteiger partial charge in [0.1, 0.15) is 0 Å². The largest absolute Gasteiger partial charge is 0.373 e. The highest BCUT2D eigenvalue weighted by Gasteiger charge is 2.41. The van der Waals surface area contributed by atoms with Crippen molar-refractivity contribution in [1.82, 2.24) is 10.2 Å². The number of rotatable bonds is 2. The van der Waals surface area contributed by atoms with E-state index < -0.39 is 0 Å². The van der Waals surface area contributed by atoms with Gasteiger partial charge in [0.15, 0.2) is 0 Å². The Kier molecular flexibility index (Phi) is 3.18. The Bertz CT molecular complexity index is 246. The van der Waals surface area contributed by atoms with E-state index in [1.807, 2.05) is 0 Å². The fourth-order valence-corrected chi connectivity index (χ4v) is 3.52. The highest BCUT2D eigenvalue weighted by Crippen LogP contribution is 2.34. The molecule has 0 saturated carbocycles. The van der Waals surface area contributed by atoms with E-state index in [1.54, 1.807) is 0 Å². The molecule has 3 rings (SSSR count). The van der Waals surface area contributed by atoms with Crippen LogP contribution in [0.5, 0.6) is 0 Å². The summed E-state index contributed by atoms with van der Waals surface area (Å²) in [5.74, 6) is 0. The van der Waals surface area contributed by atoms with Gasteiger partial charge in [0.2, 0.25) is 0 Å². The van der Waals surface area contributed by atoms with E-state index in [0.29, 0.717) is 18.2 Å². The van der Waals surface area contributed by atoms with E-state index in [0.717, 1.165) is 6.04 Å². The summed E-state index contributed by atoms with van der Waals surface area (Å²) in [6.45, 7) is 2.52. The van der Waals surface area contributed by atoms with Gasteiger partial charge in [-0.05, 0) is 58.7 Å². The molecular formula is C13H24N2O. The highest BCUT2D eigenvalue weighted by molar-refractivity contribution is 4.95. The van der Waals surface area contributed by atoms with Gasteiger partial charge >= 0.3 is 0 Å². The number of hydrogen-bond donors (Lipinski definition) is 1. The van der Waals surface area contributed by atoms with Crippen LogP contribution >= 0.6 is 0 Å². The van der Waals surface area contributed by atoms with Crippen LogP contribution in [0.15, 0.2) is 0 Å². The van der Waals surface area contributed by atoms with E-state index in [-0.39, 0.29) is 0 Å². The van der Waals surface area contributed by atoms with Gasteiger partial charge in [-0.1, -0.05) is 0 Å². The molecule has 1 N–H and O–H groups in total. The molecule has 0 amide bonds. The molecule has 16 heavy (non-hydrogen) atoms. The van der Waals surface area contributed by atoms with E-state index in [2.05, 4.69) is 17.3 Å². The molecule has 0 aromatic heterocycles. The average molecular weight is 224 g/mol. The fourth-order valence-electron chi connectivity index (χ4n) is 3.52. The van der Waals surface area contributed by atoms with E-state index in [4.69, 9.17) is 4.74 Å². The van der Waals surface area contributed by atoms with Crippen molar-refractivity contribution < 1.29 is 4.74 Å². The molecule has 3 aliphatic rings. The van der Waals surface area contributed by atoms with Crippen molar-refractivity contribution >= 4 is 0 Å². The standard InChI is InChI=1S/C13H24N2O/c1-15-7-2-3-10(6-8-15)14-12-9-11-4-5-13(12)16-11/h10-14H,2-9H2,1H3. The molecule has 92 valence electrons. The minimum atomic E-state index is 0.533. The van der Waals surface area contributed by atoms with Crippen LogP contribution in [0.25, 0.3) is 0 Å². The second kappa shape index (κ2) is 4.63. The number of ether oxygens (including phenoxy) is 1. The van der Waals surface area contributed by atoms with Crippen molar-refractivity contribution in [3.8, 4) is 0 Å². The predicted octanol–water partition coefficient (Wildman–Crippen LogP) is 1.38. The van der Waals surface area contributed by atoms with Crippen LogP contribution in [0, 0.1) is 0 Å². The second-order valence-corrected chi connectivity index (χ2v) is 5.81. The van der Waals surface area contributed by atoms with Gasteiger partial charge in [0.25, 0.3) is 0 Å². The summed E-state index contributed by atoms with van der Waals surface area (Å²) in [5, 5.41) is 3.86. The lowest BCUT2D eigenvalue weighted by Gasteiger charge is -2.26. The zero-order valence-corrected chi connectivity index (χ0v) is 10.3. The van der Waals surface area contributed by atoms with Crippen LogP contribution in [-0.2, 0) is 4.74 Å². The topological polar surface area (TPSA) is 24.5 Å². The maximum atomic E-state index is 5.91. The lowest BCUT2D eigenvalue weighted by molar-refractivity contribution is 0.0956. The van der Waals surface area contributed by atoms with Gasteiger partial charge in [-0.2, -0.15) is 0 Å². The molecule has 0 spiro atoms. The van der Waals surface area contributed by atoms with Crippen LogP contribution in [0.4, 0.5) is 0 Å². The van der Waals surface area contributed by atoms with Crippen molar-refractivity contribution in [2.75, 3.05) is 20.1 Å². The first-order valence-corrected chi connectivity index (χ1v) is 6.91. The molecule has 0 radical (unpaired) electrons. The third-order valence-electron chi connectivity index (χ3n) is 4.51. The molecule has 3 fully saturated rings. The zero-order valence-electron chi connectivity index (χ0n) is 10.3. The van der Waals surface area contributed by atoms with Crippen molar-refractivity contribution in [3.05, 3.63) is 0 Å². The van der Waals surface area contributed by atoms with Gasteiger partial charge in [-0.15, -0.1) is 0 Å². The number of fused-ring (bicyclic) bond motifs is 2. The maximum Gasteiger partial charge on any atom is 0.0733 e.